The number of nitrogen functional groups attached to an aromatic ring is 1. The number of hydrogen-bond acceptors (Lipinski definition) is 4. The Labute approximate surface area is 104 Å². The third-order valence-corrected chi connectivity index (χ3v) is 3.11. The van der Waals surface area contributed by atoms with Gasteiger partial charge in [-0.1, -0.05) is 6.07 Å². The van der Waals surface area contributed by atoms with Crippen LogP contribution in [0.4, 0.5) is 10.5 Å². The molecule has 5 nitrogen and oxygen atoms in total. The number of nitrogens with one attached hydrogen (secondary N) is 1. The maximum atomic E-state index is 11.1. The first-order chi connectivity index (χ1) is 7.99. The van der Waals surface area contributed by atoms with Gasteiger partial charge in [0.15, 0.2) is 0 Å². The van der Waals surface area contributed by atoms with Crippen LogP contribution in [0.3, 0.4) is 0 Å². The monoisotopic (exact) mass is 253 g/mol. The Morgan fingerprint density at radius 3 is 2.71 bits per heavy atom. The molecule has 0 unspecified atom stereocenters. The summed E-state index contributed by atoms with van der Waals surface area (Å²) < 4.78 is 0. The normalized spacial score (nSPS) is 9.94. The van der Waals surface area contributed by atoms with Gasteiger partial charge in [-0.3, -0.25) is 10.1 Å². The molecule has 17 heavy (non-hydrogen) atoms. The number of hydrogen-bond donors (Lipinski definition) is 3. The van der Waals surface area contributed by atoms with Crippen molar-refractivity contribution >= 4 is 29.4 Å². The third kappa shape index (κ3) is 4.78. The Bertz CT molecular complexity index is 435. The fourth-order valence-corrected chi connectivity index (χ4v) is 2.15. The summed E-state index contributed by atoms with van der Waals surface area (Å²) in [7, 11) is 0. The van der Waals surface area contributed by atoms with Crippen LogP contribution >= 0.6 is 11.8 Å². The molecule has 0 spiro atoms. The van der Waals surface area contributed by atoms with E-state index >= 15 is 0 Å². The minimum Gasteiger partial charge on any atom is -0.398 e. The van der Waals surface area contributed by atoms with E-state index in [-0.39, 0.29) is 12.3 Å². The van der Waals surface area contributed by atoms with Crippen molar-refractivity contribution in [1.82, 2.24) is 5.32 Å². The van der Waals surface area contributed by atoms with Gasteiger partial charge in [0.05, 0.1) is 0 Å². The van der Waals surface area contributed by atoms with E-state index in [0.717, 1.165) is 10.5 Å². The van der Waals surface area contributed by atoms with Crippen LogP contribution in [-0.4, -0.2) is 17.7 Å². The summed E-state index contributed by atoms with van der Waals surface area (Å²) in [4.78, 5) is 22.5. The number of rotatable bonds is 4. The zero-order chi connectivity index (χ0) is 12.8. The maximum absolute atomic E-state index is 11.1. The van der Waals surface area contributed by atoms with Crippen LogP contribution in [0.5, 0.6) is 0 Å². The van der Waals surface area contributed by atoms with E-state index in [2.05, 4.69) is 0 Å². The van der Waals surface area contributed by atoms with E-state index in [1.54, 1.807) is 0 Å². The number of nitrogens with two attached hydrogens (primary N) is 2. The fourth-order valence-electron chi connectivity index (χ4n) is 1.25. The molecule has 0 saturated carbocycles. The summed E-state index contributed by atoms with van der Waals surface area (Å²) in [5.41, 5.74) is 12.4. The summed E-state index contributed by atoms with van der Waals surface area (Å²) in [6.45, 7) is 1.96. The van der Waals surface area contributed by atoms with Gasteiger partial charge < -0.3 is 11.5 Å². The zero-order valence-electron chi connectivity index (χ0n) is 9.53. The third-order valence-electron chi connectivity index (χ3n) is 2.01. The number of amides is 3. The number of primary amides is 1. The van der Waals surface area contributed by atoms with Gasteiger partial charge in [-0.05, 0) is 24.6 Å². The first kappa shape index (κ1) is 13.4. The lowest BCUT2D eigenvalue weighted by Gasteiger charge is -2.06. The lowest BCUT2D eigenvalue weighted by Crippen LogP contribution is -2.35. The maximum Gasteiger partial charge on any atom is 0.318 e. The molecule has 0 atom stereocenters. The molecule has 0 aromatic heterocycles. The van der Waals surface area contributed by atoms with Gasteiger partial charge in [-0.15, -0.1) is 11.8 Å². The molecule has 6 heteroatoms. The first-order valence-corrected chi connectivity index (χ1v) is 6.06. The average Bonchev–Trinajstić information content (AvgIpc) is 2.20. The van der Waals surface area contributed by atoms with Gasteiger partial charge in [0.2, 0.25) is 5.91 Å². The van der Waals surface area contributed by atoms with Crippen molar-refractivity contribution in [2.24, 2.45) is 5.73 Å². The van der Waals surface area contributed by atoms with E-state index in [1.807, 2.05) is 30.4 Å². The number of anilines is 1. The molecule has 0 bridgehead atoms. The molecule has 0 aliphatic rings. The van der Waals surface area contributed by atoms with E-state index in [0.29, 0.717) is 11.4 Å². The van der Waals surface area contributed by atoms with Crippen molar-refractivity contribution in [2.75, 3.05) is 11.5 Å². The van der Waals surface area contributed by atoms with E-state index in [1.165, 1.54) is 11.8 Å². The summed E-state index contributed by atoms with van der Waals surface area (Å²) in [5, 5.41) is 2.01. The Kier molecular flexibility index (Phi) is 4.84. The number of benzene rings is 1. The molecule has 0 aliphatic heterocycles. The SMILES string of the molecule is Cc1ccc(SCCC(=O)NC(N)=O)c(N)c1. The second-order valence-electron chi connectivity index (χ2n) is 3.55. The summed E-state index contributed by atoms with van der Waals surface area (Å²) >= 11 is 1.47. The lowest BCUT2D eigenvalue weighted by molar-refractivity contribution is -0.119. The topological polar surface area (TPSA) is 98.2 Å². The minimum absolute atomic E-state index is 0.223. The zero-order valence-corrected chi connectivity index (χ0v) is 10.3. The quantitative estimate of drug-likeness (QED) is 0.555. The van der Waals surface area contributed by atoms with Crippen LogP contribution in [0, 0.1) is 6.92 Å². The smallest absolute Gasteiger partial charge is 0.318 e. The highest BCUT2D eigenvalue weighted by molar-refractivity contribution is 7.99. The highest BCUT2D eigenvalue weighted by Crippen LogP contribution is 2.26. The van der Waals surface area contributed by atoms with Gasteiger partial charge in [0.25, 0.3) is 0 Å². The molecule has 0 radical (unpaired) electrons. The Balaban J connectivity index is 2.41. The molecule has 0 aliphatic carbocycles. The summed E-state index contributed by atoms with van der Waals surface area (Å²) in [5.74, 6) is 0.169. The molecule has 0 heterocycles. The molecule has 1 rings (SSSR count). The molecule has 92 valence electrons. The molecule has 0 saturated heterocycles. The van der Waals surface area contributed by atoms with Crippen molar-refractivity contribution in [2.45, 2.75) is 18.2 Å². The molecule has 1 aromatic rings. The number of imide groups is 1. The van der Waals surface area contributed by atoms with Crippen molar-refractivity contribution in [3.63, 3.8) is 0 Å². The highest BCUT2D eigenvalue weighted by Gasteiger charge is 2.05. The van der Waals surface area contributed by atoms with Gasteiger partial charge >= 0.3 is 6.03 Å². The van der Waals surface area contributed by atoms with Crippen LogP contribution in [-0.2, 0) is 4.79 Å². The van der Waals surface area contributed by atoms with Gasteiger partial charge in [-0.25, -0.2) is 4.79 Å². The van der Waals surface area contributed by atoms with Crippen LogP contribution in [0.25, 0.3) is 0 Å². The molecule has 1 aromatic carbocycles. The lowest BCUT2D eigenvalue weighted by atomic mass is 10.2. The average molecular weight is 253 g/mol. The number of urea groups is 1. The number of thioether (sulfide) groups is 1. The van der Waals surface area contributed by atoms with E-state index < -0.39 is 6.03 Å². The second-order valence-corrected chi connectivity index (χ2v) is 4.69. The largest absolute Gasteiger partial charge is 0.398 e. The minimum atomic E-state index is -0.824. The summed E-state index contributed by atoms with van der Waals surface area (Å²) in [6.07, 6.45) is 0.223. The number of aryl methyl sites for hydroxylation is 1. The Hall–Kier alpha value is -1.69. The Morgan fingerprint density at radius 2 is 2.12 bits per heavy atom. The number of carbonyl (C=O) groups is 2. The molecular weight excluding hydrogens is 238 g/mol. The molecule has 5 N–H and O–H groups in total. The van der Waals surface area contributed by atoms with E-state index in [4.69, 9.17) is 11.5 Å². The van der Waals surface area contributed by atoms with Gasteiger partial charge in [-0.2, -0.15) is 0 Å². The van der Waals surface area contributed by atoms with Crippen LogP contribution < -0.4 is 16.8 Å². The van der Waals surface area contributed by atoms with Crippen molar-refractivity contribution < 1.29 is 9.59 Å². The fraction of sp³-hybridized carbons (Fsp3) is 0.273. The van der Waals surface area contributed by atoms with Crippen molar-refractivity contribution in [3.8, 4) is 0 Å². The first-order valence-electron chi connectivity index (χ1n) is 5.07. The molecule has 0 fully saturated rings. The predicted molar refractivity (Wildman–Crippen MR) is 68.7 cm³/mol. The van der Waals surface area contributed by atoms with Crippen LogP contribution in [0.15, 0.2) is 23.1 Å². The standard InChI is InChI=1S/C11H15N3O2S/c1-7-2-3-9(8(12)6-7)17-5-4-10(15)14-11(13)16/h2-3,6H,4-5,12H2,1H3,(H3,13,14,15,16). The van der Waals surface area contributed by atoms with Gasteiger partial charge in [0.1, 0.15) is 0 Å². The summed E-state index contributed by atoms with van der Waals surface area (Å²) in [6, 6.07) is 4.94. The molecular formula is C11H15N3O2S. The predicted octanol–water partition coefficient (Wildman–Crippen LogP) is 1.25. The van der Waals surface area contributed by atoms with Crippen LogP contribution in [0.2, 0.25) is 0 Å². The van der Waals surface area contributed by atoms with Crippen LogP contribution in [0.1, 0.15) is 12.0 Å². The Morgan fingerprint density at radius 1 is 1.41 bits per heavy atom. The molecule has 3 amide bonds. The van der Waals surface area contributed by atoms with E-state index in [9.17, 15) is 9.59 Å². The number of carbonyl (C=O) groups excluding carboxylic acids is 2. The highest BCUT2D eigenvalue weighted by atomic mass is 32.2. The van der Waals surface area contributed by atoms with Crippen molar-refractivity contribution in [3.05, 3.63) is 23.8 Å². The van der Waals surface area contributed by atoms with Crippen molar-refractivity contribution in [1.29, 1.82) is 0 Å². The second kappa shape index (κ2) is 6.15. The van der Waals surface area contributed by atoms with Gasteiger partial charge in [0, 0.05) is 22.8 Å².